The maximum absolute atomic E-state index is 13.0. The van der Waals surface area contributed by atoms with Gasteiger partial charge in [0.25, 0.3) is 5.91 Å². The van der Waals surface area contributed by atoms with Crippen molar-refractivity contribution in [3.05, 3.63) is 52.4 Å². The van der Waals surface area contributed by atoms with E-state index in [9.17, 15) is 9.59 Å². The van der Waals surface area contributed by atoms with Gasteiger partial charge in [0.05, 0.1) is 7.11 Å². The number of benzene rings is 1. The predicted octanol–water partition coefficient (Wildman–Crippen LogP) is 2.15. The zero-order valence-electron chi connectivity index (χ0n) is 18.0. The van der Waals surface area contributed by atoms with Crippen molar-refractivity contribution in [2.45, 2.75) is 12.8 Å². The zero-order valence-corrected chi connectivity index (χ0v) is 18.0. The van der Waals surface area contributed by atoms with Gasteiger partial charge in [-0.05, 0) is 37.1 Å². The molecule has 0 N–H and O–H groups in total. The third-order valence-electron chi connectivity index (χ3n) is 6.13. The molecule has 9 heteroatoms. The first-order valence-electron chi connectivity index (χ1n) is 10.9. The van der Waals surface area contributed by atoms with E-state index in [1.54, 1.807) is 29.2 Å². The van der Waals surface area contributed by atoms with Crippen LogP contribution in [-0.4, -0.2) is 67.4 Å². The van der Waals surface area contributed by atoms with Gasteiger partial charge in [0, 0.05) is 44.7 Å². The van der Waals surface area contributed by atoms with Crippen LogP contribution in [0.1, 0.15) is 23.2 Å². The monoisotopic (exact) mass is 435 g/mol. The number of rotatable bonds is 4. The van der Waals surface area contributed by atoms with Crippen LogP contribution in [0.15, 0.2) is 45.6 Å². The highest BCUT2D eigenvalue weighted by Gasteiger charge is 2.26. The number of ether oxygens (including phenoxy) is 1. The number of anilines is 2. The molecule has 0 radical (unpaired) electrons. The number of amides is 1. The maximum atomic E-state index is 13.0. The average molecular weight is 435 g/mol. The fourth-order valence-corrected chi connectivity index (χ4v) is 4.34. The van der Waals surface area contributed by atoms with E-state index in [4.69, 9.17) is 9.15 Å². The Morgan fingerprint density at radius 3 is 2.22 bits per heavy atom. The molecule has 2 aromatic heterocycles. The Morgan fingerprint density at radius 1 is 0.938 bits per heavy atom. The largest absolute Gasteiger partial charge is 0.493 e. The van der Waals surface area contributed by atoms with Crippen molar-refractivity contribution in [3.8, 4) is 5.75 Å². The molecule has 2 saturated heterocycles. The van der Waals surface area contributed by atoms with Gasteiger partial charge in [0.2, 0.25) is 0 Å². The van der Waals surface area contributed by atoms with Gasteiger partial charge in [-0.1, -0.05) is 12.1 Å². The Labute approximate surface area is 185 Å². The molecule has 2 aliphatic heterocycles. The number of piperazine rings is 1. The molecule has 2 aliphatic rings. The molecule has 0 bridgehead atoms. The van der Waals surface area contributed by atoms with Crippen LogP contribution in [0.2, 0.25) is 0 Å². The lowest BCUT2D eigenvalue weighted by atomic mass is 10.1. The third-order valence-corrected chi connectivity index (χ3v) is 6.13. The molecule has 0 saturated carbocycles. The molecule has 3 aromatic rings. The topological polar surface area (TPSA) is 92.0 Å². The van der Waals surface area contributed by atoms with Crippen LogP contribution >= 0.6 is 0 Å². The highest BCUT2D eigenvalue weighted by molar-refractivity contribution is 5.97. The highest BCUT2D eigenvalue weighted by atomic mass is 16.5. The average Bonchev–Trinajstić information content (AvgIpc) is 3.38. The van der Waals surface area contributed by atoms with Crippen molar-refractivity contribution in [2.24, 2.45) is 0 Å². The van der Waals surface area contributed by atoms with Gasteiger partial charge < -0.3 is 23.9 Å². The minimum Gasteiger partial charge on any atom is -0.493 e. The van der Waals surface area contributed by atoms with E-state index in [1.165, 1.54) is 20.0 Å². The smallest absolute Gasteiger partial charge is 0.349 e. The lowest BCUT2D eigenvalue weighted by Gasteiger charge is -2.35. The lowest BCUT2D eigenvalue weighted by molar-refractivity contribution is 0.0742. The van der Waals surface area contributed by atoms with Crippen molar-refractivity contribution >= 4 is 28.5 Å². The zero-order chi connectivity index (χ0) is 22.1. The van der Waals surface area contributed by atoms with Crippen LogP contribution in [-0.2, 0) is 0 Å². The number of nitrogens with zero attached hydrogens (tertiary/aromatic N) is 5. The number of para-hydroxylation sites is 1. The summed E-state index contributed by atoms with van der Waals surface area (Å²) in [6.07, 6.45) is 2.39. The molecule has 4 heterocycles. The van der Waals surface area contributed by atoms with Crippen LogP contribution in [0.3, 0.4) is 0 Å². The molecule has 0 unspecified atom stereocenters. The molecular weight excluding hydrogens is 410 g/mol. The molecule has 0 spiro atoms. The van der Waals surface area contributed by atoms with Crippen molar-refractivity contribution in [1.29, 1.82) is 0 Å². The van der Waals surface area contributed by atoms with Gasteiger partial charge >= 0.3 is 5.63 Å². The van der Waals surface area contributed by atoms with Gasteiger partial charge in [-0.15, -0.1) is 10.2 Å². The van der Waals surface area contributed by atoms with E-state index in [0.29, 0.717) is 42.9 Å². The molecule has 166 valence electrons. The Hall–Kier alpha value is -3.62. The standard InChI is InChI=1S/C23H25N5O4/c1-31-18-6-4-5-16-15-17(23(30)32-21(16)18)22(29)28-13-11-27(12-14-28)20-8-7-19(24-25-20)26-9-2-3-10-26/h4-8,15H,2-3,9-14H2,1H3. The minimum atomic E-state index is -0.655. The van der Waals surface area contributed by atoms with E-state index in [2.05, 4.69) is 20.0 Å². The molecular formula is C23H25N5O4. The summed E-state index contributed by atoms with van der Waals surface area (Å²) in [5.41, 5.74) is -0.274. The summed E-state index contributed by atoms with van der Waals surface area (Å²) in [5, 5.41) is 9.43. The Kier molecular flexibility index (Phi) is 5.38. The van der Waals surface area contributed by atoms with Gasteiger partial charge in [-0.2, -0.15) is 0 Å². The van der Waals surface area contributed by atoms with Gasteiger partial charge in [-0.3, -0.25) is 4.79 Å². The van der Waals surface area contributed by atoms with E-state index >= 15 is 0 Å². The number of hydrogen-bond donors (Lipinski definition) is 0. The summed E-state index contributed by atoms with van der Waals surface area (Å²) >= 11 is 0. The second kappa shape index (κ2) is 8.49. The van der Waals surface area contributed by atoms with Crippen molar-refractivity contribution in [3.63, 3.8) is 0 Å². The van der Waals surface area contributed by atoms with Crippen LogP contribution in [0.4, 0.5) is 11.6 Å². The predicted molar refractivity (Wildman–Crippen MR) is 121 cm³/mol. The Morgan fingerprint density at radius 2 is 1.59 bits per heavy atom. The number of hydrogen-bond acceptors (Lipinski definition) is 8. The van der Waals surface area contributed by atoms with Gasteiger partial charge in [-0.25, -0.2) is 4.79 Å². The normalized spacial score (nSPS) is 16.6. The van der Waals surface area contributed by atoms with Crippen LogP contribution < -0.4 is 20.2 Å². The quantitative estimate of drug-likeness (QED) is 0.576. The summed E-state index contributed by atoms with van der Waals surface area (Å²) < 4.78 is 10.7. The fraction of sp³-hybridized carbons (Fsp3) is 0.391. The summed E-state index contributed by atoms with van der Waals surface area (Å²) in [7, 11) is 1.51. The third kappa shape index (κ3) is 3.74. The molecule has 9 nitrogen and oxygen atoms in total. The van der Waals surface area contributed by atoms with Gasteiger partial charge in [0.1, 0.15) is 5.56 Å². The molecule has 0 atom stereocenters. The summed E-state index contributed by atoms with van der Waals surface area (Å²) in [6, 6.07) is 10.9. The SMILES string of the molecule is COc1cccc2cc(C(=O)N3CCN(c4ccc(N5CCCC5)nn4)CC3)c(=O)oc12. The molecule has 2 fully saturated rings. The number of methoxy groups -OCH3 is 1. The summed E-state index contributed by atoms with van der Waals surface area (Å²) in [5.74, 6) is 1.86. The summed E-state index contributed by atoms with van der Waals surface area (Å²) in [4.78, 5) is 31.6. The molecule has 5 rings (SSSR count). The van der Waals surface area contributed by atoms with Crippen LogP contribution in [0.5, 0.6) is 5.75 Å². The minimum absolute atomic E-state index is 0.0361. The number of aromatic nitrogens is 2. The molecule has 32 heavy (non-hydrogen) atoms. The van der Waals surface area contributed by atoms with Crippen molar-refractivity contribution in [2.75, 3.05) is 56.2 Å². The molecule has 1 aromatic carbocycles. The first kappa shape index (κ1) is 20.3. The molecule has 1 amide bonds. The van der Waals surface area contributed by atoms with E-state index < -0.39 is 5.63 Å². The maximum Gasteiger partial charge on any atom is 0.349 e. The van der Waals surface area contributed by atoms with Crippen molar-refractivity contribution in [1.82, 2.24) is 15.1 Å². The first-order valence-corrected chi connectivity index (χ1v) is 10.9. The number of carbonyl (C=O) groups excluding carboxylic acids is 1. The Balaban J connectivity index is 1.27. The van der Waals surface area contributed by atoms with E-state index in [0.717, 1.165) is 24.7 Å². The first-order chi connectivity index (χ1) is 15.6. The van der Waals surface area contributed by atoms with E-state index in [1.807, 2.05) is 12.1 Å². The van der Waals surface area contributed by atoms with Gasteiger partial charge in [0.15, 0.2) is 23.0 Å². The number of carbonyl (C=O) groups is 1. The number of fused-ring (bicyclic) bond motifs is 1. The fourth-order valence-electron chi connectivity index (χ4n) is 4.34. The van der Waals surface area contributed by atoms with E-state index in [-0.39, 0.29) is 11.5 Å². The highest BCUT2D eigenvalue weighted by Crippen LogP contribution is 2.25. The van der Waals surface area contributed by atoms with Crippen LogP contribution in [0, 0.1) is 0 Å². The second-order valence-electron chi connectivity index (χ2n) is 8.05. The lowest BCUT2D eigenvalue weighted by Crippen LogP contribution is -2.49. The Bertz CT molecular complexity index is 1180. The summed E-state index contributed by atoms with van der Waals surface area (Å²) in [6.45, 7) is 4.29. The molecule has 0 aliphatic carbocycles. The van der Waals surface area contributed by atoms with Crippen molar-refractivity contribution < 1.29 is 13.9 Å². The second-order valence-corrected chi connectivity index (χ2v) is 8.05. The van der Waals surface area contributed by atoms with Crippen LogP contribution in [0.25, 0.3) is 11.0 Å².